The molecule has 0 bridgehead atoms. The van der Waals surface area contributed by atoms with Gasteiger partial charge in [0, 0.05) is 25.3 Å². The van der Waals surface area contributed by atoms with Crippen LogP contribution in [0.4, 0.5) is 10.1 Å². The maximum atomic E-state index is 13.1. The molecule has 0 aliphatic carbocycles. The first kappa shape index (κ1) is 13.0. The number of hydrogen-bond acceptors (Lipinski definition) is 2. The van der Waals surface area contributed by atoms with Crippen LogP contribution in [0.15, 0.2) is 18.2 Å². The number of halogens is 1. The van der Waals surface area contributed by atoms with Gasteiger partial charge in [-0.3, -0.25) is 0 Å². The van der Waals surface area contributed by atoms with Crippen LogP contribution in [0.25, 0.3) is 0 Å². The first-order valence-corrected chi connectivity index (χ1v) is 5.54. The van der Waals surface area contributed by atoms with Crippen molar-refractivity contribution in [2.75, 3.05) is 19.0 Å². The normalized spacial score (nSPS) is 11.6. The SMILES string of the molecule is CN(C)c1cc(F)ccc1CCC(C)(C)N. The van der Waals surface area contributed by atoms with Gasteiger partial charge < -0.3 is 10.6 Å². The molecule has 3 heteroatoms. The summed E-state index contributed by atoms with van der Waals surface area (Å²) in [7, 11) is 3.84. The molecule has 0 saturated heterocycles. The summed E-state index contributed by atoms with van der Waals surface area (Å²) in [6.07, 6.45) is 1.76. The summed E-state index contributed by atoms with van der Waals surface area (Å²) in [5.74, 6) is -0.195. The van der Waals surface area contributed by atoms with E-state index in [9.17, 15) is 4.39 Å². The molecule has 1 aromatic rings. The highest BCUT2D eigenvalue weighted by atomic mass is 19.1. The minimum Gasteiger partial charge on any atom is -0.377 e. The number of rotatable bonds is 4. The number of benzene rings is 1. The fourth-order valence-electron chi connectivity index (χ4n) is 1.62. The third-order valence-corrected chi connectivity index (χ3v) is 2.57. The number of nitrogens with zero attached hydrogens (tertiary/aromatic N) is 1. The molecule has 0 radical (unpaired) electrons. The molecule has 0 aliphatic heterocycles. The van der Waals surface area contributed by atoms with E-state index in [1.165, 1.54) is 6.07 Å². The van der Waals surface area contributed by atoms with Crippen LogP contribution in [0.1, 0.15) is 25.8 Å². The molecule has 90 valence electrons. The summed E-state index contributed by atoms with van der Waals surface area (Å²) in [6, 6.07) is 4.92. The van der Waals surface area contributed by atoms with Crippen LogP contribution in [-0.4, -0.2) is 19.6 Å². The third kappa shape index (κ3) is 3.81. The molecule has 0 atom stereocenters. The van der Waals surface area contributed by atoms with E-state index in [0.717, 1.165) is 24.1 Å². The maximum absolute atomic E-state index is 13.1. The van der Waals surface area contributed by atoms with Crippen LogP contribution in [-0.2, 0) is 6.42 Å². The molecule has 0 aliphatic rings. The lowest BCUT2D eigenvalue weighted by Gasteiger charge is -2.21. The summed E-state index contributed by atoms with van der Waals surface area (Å²) >= 11 is 0. The highest BCUT2D eigenvalue weighted by Crippen LogP contribution is 2.23. The number of hydrogen-bond donors (Lipinski definition) is 1. The second-order valence-corrected chi connectivity index (χ2v) is 5.16. The van der Waals surface area contributed by atoms with E-state index in [-0.39, 0.29) is 11.4 Å². The lowest BCUT2D eigenvalue weighted by molar-refractivity contribution is 0.477. The number of anilines is 1. The Morgan fingerprint density at radius 3 is 2.44 bits per heavy atom. The molecule has 1 aromatic carbocycles. The molecule has 0 amide bonds. The van der Waals surface area contributed by atoms with Crippen LogP contribution >= 0.6 is 0 Å². The van der Waals surface area contributed by atoms with Crippen molar-refractivity contribution in [3.8, 4) is 0 Å². The highest BCUT2D eigenvalue weighted by molar-refractivity contribution is 5.52. The Labute approximate surface area is 97.3 Å². The van der Waals surface area contributed by atoms with Crippen molar-refractivity contribution in [3.63, 3.8) is 0 Å². The molecule has 0 saturated carbocycles. The van der Waals surface area contributed by atoms with Gasteiger partial charge in [0.25, 0.3) is 0 Å². The summed E-state index contributed by atoms with van der Waals surface area (Å²) in [5.41, 5.74) is 7.85. The van der Waals surface area contributed by atoms with Crippen LogP contribution in [0.5, 0.6) is 0 Å². The second-order valence-electron chi connectivity index (χ2n) is 5.16. The average Bonchev–Trinajstić information content (AvgIpc) is 2.14. The van der Waals surface area contributed by atoms with Crippen molar-refractivity contribution in [1.29, 1.82) is 0 Å². The van der Waals surface area contributed by atoms with Crippen LogP contribution in [0.2, 0.25) is 0 Å². The van der Waals surface area contributed by atoms with Crippen molar-refractivity contribution in [1.82, 2.24) is 0 Å². The van der Waals surface area contributed by atoms with Crippen LogP contribution in [0, 0.1) is 5.82 Å². The first-order valence-electron chi connectivity index (χ1n) is 5.54. The Hall–Kier alpha value is -1.09. The number of aryl methyl sites for hydroxylation is 1. The Balaban J connectivity index is 2.87. The Morgan fingerprint density at radius 1 is 1.31 bits per heavy atom. The van der Waals surface area contributed by atoms with Crippen molar-refractivity contribution in [3.05, 3.63) is 29.6 Å². The van der Waals surface area contributed by atoms with Gasteiger partial charge >= 0.3 is 0 Å². The summed E-state index contributed by atoms with van der Waals surface area (Å²) in [6.45, 7) is 4.01. The van der Waals surface area contributed by atoms with Gasteiger partial charge in [0.1, 0.15) is 5.82 Å². The minimum absolute atomic E-state index is 0.183. The van der Waals surface area contributed by atoms with Gasteiger partial charge in [-0.05, 0) is 44.4 Å². The van der Waals surface area contributed by atoms with E-state index in [1.54, 1.807) is 6.07 Å². The van der Waals surface area contributed by atoms with Gasteiger partial charge in [0.2, 0.25) is 0 Å². The van der Waals surface area contributed by atoms with Crippen LogP contribution < -0.4 is 10.6 Å². The molecule has 16 heavy (non-hydrogen) atoms. The Kier molecular flexibility index (Phi) is 3.92. The van der Waals surface area contributed by atoms with E-state index in [4.69, 9.17) is 5.73 Å². The zero-order valence-electron chi connectivity index (χ0n) is 10.5. The largest absolute Gasteiger partial charge is 0.377 e. The van der Waals surface area contributed by atoms with Crippen molar-refractivity contribution >= 4 is 5.69 Å². The van der Waals surface area contributed by atoms with Crippen molar-refractivity contribution < 1.29 is 4.39 Å². The second kappa shape index (κ2) is 4.83. The van der Waals surface area contributed by atoms with E-state index in [1.807, 2.05) is 38.9 Å². The van der Waals surface area contributed by atoms with Crippen molar-refractivity contribution in [2.24, 2.45) is 5.73 Å². The zero-order chi connectivity index (χ0) is 12.3. The molecule has 1 rings (SSSR count). The van der Waals surface area contributed by atoms with Gasteiger partial charge in [-0.1, -0.05) is 6.07 Å². The predicted molar refractivity (Wildman–Crippen MR) is 67.3 cm³/mol. The molecule has 0 fully saturated rings. The molecule has 2 nitrogen and oxygen atoms in total. The van der Waals surface area contributed by atoms with Gasteiger partial charge in [0.15, 0.2) is 0 Å². The fourth-order valence-corrected chi connectivity index (χ4v) is 1.62. The Bertz CT molecular complexity index is 353. The number of nitrogens with two attached hydrogens (primary N) is 1. The maximum Gasteiger partial charge on any atom is 0.125 e. The molecule has 0 heterocycles. The molecular formula is C13H21FN2. The quantitative estimate of drug-likeness (QED) is 0.851. The zero-order valence-corrected chi connectivity index (χ0v) is 10.5. The molecule has 0 aromatic heterocycles. The molecular weight excluding hydrogens is 203 g/mol. The summed E-state index contributed by atoms with van der Waals surface area (Å²) in [4.78, 5) is 1.93. The molecule has 0 unspecified atom stereocenters. The van der Waals surface area contributed by atoms with Gasteiger partial charge in [0.05, 0.1) is 0 Å². The van der Waals surface area contributed by atoms with E-state index < -0.39 is 0 Å². The fraction of sp³-hybridized carbons (Fsp3) is 0.538. The minimum atomic E-state index is -0.195. The van der Waals surface area contributed by atoms with Gasteiger partial charge in [-0.2, -0.15) is 0 Å². The molecule has 0 spiro atoms. The lowest BCUT2D eigenvalue weighted by Crippen LogP contribution is -2.32. The standard InChI is InChI=1S/C13H21FN2/c1-13(2,15)8-7-10-5-6-11(14)9-12(10)16(3)4/h5-6,9H,7-8,15H2,1-4H3. The van der Waals surface area contributed by atoms with E-state index >= 15 is 0 Å². The topological polar surface area (TPSA) is 29.3 Å². The monoisotopic (exact) mass is 224 g/mol. The highest BCUT2D eigenvalue weighted by Gasteiger charge is 2.13. The summed E-state index contributed by atoms with van der Waals surface area (Å²) in [5, 5.41) is 0. The van der Waals surface area contributed by atoms with E-state index in [0.29, 0.717) is 0 Å². The lowest BCUT2D eigenvalue weighted by atomic mass is 9.95. The van der Waals surface area contributed by atoms with Crippen molar-refractivity contribution in [2.45, 2.75) is 32.2 Å². The predicted octanol–water partition coefficient (Wildman–Crippen LogP) is 2.56. The smallest absolute Gasteiger partial charge is 0.125 e. The molecule has 2 N–H and O–H groups in total. The van der Waals surface area contributed by atoms with Crippen LogP contribution in [0.3, 0.4) is 0 Å². The van der Waals surface area contributed by atoms with E-state index in [2.05, 4.69) is 0 Å². The first-order chi connectivity index (χ1) is 7.29. The third-order valence-electron chi connectivity index (χ3n) is 2.57. The average molecular weight is 224 g/mol. The van der Waals surface area contributed by atoms with Gasteiger partial charge in [-0.25, -0.2) is 4.39 Å². The Morgan fingerprint density at radius 2 is 1.94 bits per heavy atom. The van der Waals surface area contributed by atoms with Gasteiger partial charge in [-0.15, -0.1) is 0 Å². The summed E-state index contributed by atoms with van der Waals surface area (Å²) < 4.78 is 13.1.